The molecule has 0 amide bonds. The highest BCUT2D eigenvalue weighted by molar-refractivity contribution is 7.71. The third-order valence-corrected chi connectivity index (χ3v) is 2.36. The fraction of sp³-hybridized carbons (Fsp3) is 0.250. The molecule has 0 spiro atoms. The molecule has 0 bridgehead atoms. The second-order valence-electron chi connectivity index (χ2n) is 3.64. The van der Waals surface area contributed by atoms with Gasteiger partial charge in [0.1, 0.15) is 5.75 Å². The van der Waals surface area contributed by atoms with Gasteiger partial charge in [0.15, 0.2) is 5.82 Å². The average molecular weight is 262 g/mol. The summed E-state index contributed by atoms with van der Waals surface area (Å²) >= 11 is 4.92. The molecule has 0 radical (unpaired) electrons. The fourth-order valence-corrected chi connectivity index (χ4v) is 1.57. The van der Waals surface area contributed by atoms with E-state index in [0.29, 0.717) is 17.2 Å². The number of nitrogens with one attached hydrogen (secondary N) is 2. The predicted octanol–water partition coefficient (Wildman–Crippen LogP) is 3.07. The van der Waals surface area contributed by atoms with Gasteiger partial charge in [0.05, 0.1) is 18.5 Å². The number of hydrogen-bond acceptors (Lipinski definition) is 5. The Bertz CT molecular complexity index is 570. The fourth-order valence-electron chi connectivity index (χ4n) is 1.42. The van der Waals surface area contributed by atoms with E-state index in [1.54, 1.807) is 6.20 Å². The first kappa shape index (κ1) is 12.5. The van der Waals surface area contributed by atoms with E-state index in [2.05, 4.69) is 27.4 Å². The molecule has 94 valence electrons. The lowest BCUT2D eigenvalue weighted by atomic mass is 10.3. The van der Waals surface area contributed by atoms with Gasteiger partial charge in [0.25, 0.3) is 0 Å². The third-order valence-electron chi connectivity index (χ3n) is 2.18. The van der Waals surface area contributed by atoms with Crippen molar-refractivity contribution in [2.24, 2.45) is 0 Å². The van der Waals surface area contributed by atoms with Crippen LogP contribution in [0.4, 0.5) is 11.5 Å². The number of aromatic nitrogens is 3. The van der Waals surface area contributed by atoms with Crippen molar-refractivity contribution < 1.29 is 4.74 Å². The molecule has 2 aromatic rings. The molecular formula is C12H14N4OS. The summed E-state index contributed by atoms with van der Waals surface area (Å²) in [5.74, 6) is 1.38. The Kier molecular flexibility index (Phi) is 4.25. The highest BCUT2D eigenvalue weighted by Gasteiger charge is 2.03. The van der Waals surface area contributed by atoms with E-state index in [1.807, 2.05) is 24.3 Å². The number of rotatable bonds is 5. The first-order valence-corrected chi connectivity index (χ1v) is 6.11. The largest absolute Gasteiger partial charge is 0.491 e. The zero-order valence-electron chi connectivity index (χ0n) is 10.0. The lowest BCUT2D eigenvalue weighted by molar-refractivity contribution is 0.319. The van der Waals surface area contributed by atoms with Crippen molar-refractivity contribution in [2.75, 3.05) is 11.9 Å². The van der Waals surface area contributed by atoms with Gasteiger partial charge in [-0.2, -0.15) is 10.1 Å². The first-order chi connectivity index (χ1) is 8.79. The van der Waals surface area contributed by atoms with Crippen LogP contribution in [0, 0.1) is 4.77 Å². The van der Waals surface area contributed by atoms with E-state index in [4.69, 9.17) is 17.0 Å². The van der Waals surface area contributed by atoms with Crippen molar-refractivity contribution in [1.29, 1.82) is 0 Å². The average Bonchev–Trinajstić information content (AvgIpc) is 2.38. The molecule has 2 rings (SSSR count). The van der Waals surface area contributed by atoms with Gasteiger partial charge in [-0.25, -0.2) is 0 Å². The number of nitrogens with zero attached hydrogens (tertiary/aromatic N) is 2. The molecule has 5 nitrogen and oxygen atoms in total. The Morgan fingerprint density at radius 3 is 3.00 bits per heavy atom. The van der Waals surface area contributed by atoms with Crippen molar-refractivity contribution in [3.05, 3.63) is 35.2 Å². The van der Waals surface area contributed by atoms with Crippen LogP contribution >= 0.6 is 12.2 Å². The van der Waals surface area contributed by atoms with Crippen molar-refractivity contribution >= 4 is 23.7 Å². The number of anilines is 2. The van der Waals surface area contributed by atoms with E-state index < -0.39 is 0 Å². The molecular weight excluding hydrogens is 248 g/mol. The van der Waals surface area contributed by atoms with Crippen LogP contribution < -0.4 is 10.1 Å². The summed E-state index contributed by atoms with van der Waals surface area (Å²) in [7, 11) is 0. The summed E-state index contributed by atoms with van der Waals surface area (Å²) in [6.45, 7) is 2.75. The molecule has 0 unspecified atom stereocenters. The van der Waals surface area contributed by atoms with Gasteiger partial charge in [0.2, 0.25) is 4.77 Å². The van der Waals surface area contributed by atoms with Crippen molar-refractivity contribution in [1.82, 2.24) is 15.2 Å². The number of aromatic amines is 1. The SMILES string of the molecule is CCCOc1ccccc1Nc1cn[nH]c(=S)n1. The topological polar surface area (TPSA) is 62.8 Å². The number of H-pyrrole nitrogens is 1. The van der Waals surface area contributed by atoms with E-state index in [-0.39, 0.29) is 0 Å². The van der Waals surface area contributed by atoms with Gasteiger partial charge in [-0.05, 0) is 30.8 Å². The Morgan fingerprint density at radius 1 is 1.39 bits per heavy atom. The zero-order chi connectivity index (χ0) is 12.8. The highest BCUT2D eigenvalue weighted by Crippen LogP contribution is 2.26. The maximum absolute atomic E-state index is 5.64. The van der Waals surface area contributed by atoms with Crippen LogP contribution in [0.25, 0.3) is 0 Å². The highest BCUT2D eigenvalue weighted by atomic mass is 32.1. The summed E-state index contributed by atoms with van der Waals surface area (Å²) in [6.07, 6.45) is 2.54. The second kappa shape index (κ2) is 6.11. The first-order valence-electron chi connectivity index (χ1n) is 5.70. The predicted molar refractivity (Wildman–Crippen MR) is 72.7 cm³/mol. The monoisotopic (exact) mass is 262 g/mol. The van der Waals surface area contributed by atoms with Gasteiger partial charge in [-0.15, -0.1) is 0 Å². The van der Waals surface area contributed by atoms with Crippen LogP contribution in [0.3, 0.4) is 0 Å². The molecule has 0 saturated heterocycles. The molecule has 18 heavy (non-hydrogen) atoms. The standard InChI is InChI=1S/C12H14N4OS/c1-2-7-17-10-6-4-3-5-9(10)14-11-8-13-16-12(18)15-11/h3-6,8H,2,7H2,1H3,(H2,14,15,16,18). The molecule has 0 saturated carbocycles. The molecule has 0 aliphatic rings. The lowest BCUT2D eigenvalue weighted by Gasteiger charge is -2.11. The van der Waals surface area contributed by atoms with Gasteiger partial charge < -0.3 is 10.1 Å². The number of ether oxygens (including phenoxy) is 1. The summed E-state index contributed by atoms with van der Waals surface area (Å²) in [4.78, 5) is 4.12. The van der Waals surface area contributed by atoms with Gasteiger partial charge in [0, 0.05) is 0 Å². The zero-order valence-corrected chi connectivity index (χ0v) is 10.8. The van der Waals surface area contributed by atoms with Crippen LogP contribution in [0.2, 0.25) is 0 Å². The van der Waals surface area contributed by atoms with Gasteiger partial charge >= 0.3 is 0 Å². The van der Waals surface area contributed by atoms with E-state index >= 15 is 0 Å². The normalized spacial score (nSPS) is 10.1. The number of para-hydroxylation sites is 2. The maximum Gasteiger partial charge on any atom is 0.215 e. The minimum atomic E-state index is 0.340. The minimum absolute atomic E-state index is 0.340. The van der Waals surface area contributed by atoms with Crippen LogP contribution in [0.1, 0.15) is 13.3 Å². The van der Waals surface area contributed by atoms with E-state index in [9.17, 15) is 0 Å². The molecule has 1 heterocycles. The van der Waals surface area contributed by atoms with Gasteiger partial charge in [-0.1, -0.05) is 19.1 Å². The van der Waals surface area contributed by atoms with Crippen molar-refractivity contribution in [2.45, 2.75) is 13.3 Å². The second-order valence-corrected chi connectivity index (χ2v) is 4.03. The van der Waals surface area contributed by atoms with Crippen molar-refractivity contribution in [3.63, 3.8) is 0 Å². The van der Waals surface area contributed by atoms with Crippen LogP contribution in [-0.4, -0.2) is 21.8 Å². The van der Waals surface area contributed by atoms with Crippen LogP contribution in [-0.2, 0) is 0 Å². The summed E-state index contributed by atoms with van der Waals surface area (Å²) < 4.78 is 5.98. The maximum atomic E-state index is 5.64. The molecule has 1 aromatic carbocycles. The molecule has 0 fully saturated rings. The molecule has 0 aliphatic heterocycles. The number of hydrogen-bond donors (Lipinski definition) is 2. The summed E-state index contributed by atoms with van der Waals surface area (Å²) in [5.41, 5.74) is 0.848. The molecule has 1 aromatic heterocycles. The molecule has 0 aliphatic carbocycles. The molecule has 6 heteroatoms. The quantitative estimate of drug-likeness (QED) is 0.811. The lowest BCUT2D eigenvalue weighted by Crippen LogP contribution is -2.01. The Hall–Kier alpha value is -1.95. The Balaban J connectivity index is 2.20. The Labute approximate surface area is 110 Å². The molecule has 2 N–H and O–H groups in total. The van der Waals surface area contributed by atoms with E-state index in [0.717, 1.165) is 17.9 Å². The van der Waals surface area contributed by atoms with Gasteiger partial charge in [-0.3, -0.25) is 5.10 Å². The van der Waals surface area contributed by atoms with E-state index in [1.165, 1.54) is 0 Å². The minimum Gasteiger partial charge on any atom is -0.491 e. The van der Waals surface area contributed by atoms with Crippen LogP contribution in [0.15, 0.2) is 30.5 Å². The summed E-state index contributed by atoms with van der Waals surface area (Å²) in [5, 5.41) is 9.60. The summed E-state index contributed by atoms with van der Waals surface area (Å²) in [6, 6.07) is 7.69. The Morgan fingerprint density at radius 2 is 2.22 bits per heavy atom. The van der Waals surface area contributed by atoms with Crippen molar-refractivity contribution in [3.8, 4) is 5.75 Å². The number of benzene rings is 1. The van der Waals surface area contributed by atoms with Crippen LogP contribution in [0.5, 0.6) is 5.75 Å². The molecule has 0 atom stereocenters. The smallest absolute Gasteiger partial charge is 0.215 e. The third kappa shape index (κ3) is 3.27.